The highest BCUT2D eigenvalue weighted by atomic mass is 16.3. The van der Waals surface area contributed by atoms with Gasteiger partial charge in [-0.15, -0.1) is 11.8 Å². The molecule has 12 atom stereocenters. The summed E-state index contributed by atoms with van der Waals surface area (Å²) in [6, 6.07) is 0. The summed E-state index contributed by atoms with van der Waals surface area (Å²) in [6.07, 6.45) is 28.5. The van der Waals surface area contributed by atoms with Crippen LogP contribution in [0.25, 0.3) is 0 Å². The first kappa shape index (κ1) is 52.4. The number of hydrogen-bond acceptors (Lipinski definition) is 6. The van der Waals surface area contributed by atoms with Gasteiger partial charge in [-0.05, 0) is 148 Å². The minimum absolute atomic E-state index is 0.184. The van der Waals surface area contributed by atoms with Crippen molar-refractivity contribution in [1.29, 1.82) is 0 Å². The number of fused-ring (bicyclic) bond motifs is 6. The second kappa shape index (κ2) is 21.4. The van der Waals surface area contributed by atoms with Gasteiger partial charge in [-0.25, -0.2) is 0 Å². The van der Waals surface area contributed by atoms with Crippen LogP contribution in [-0.2, 0) is 0 Å². The van der Waals surface area contributed by atoms with E-state index in [1.165, 1.54) is 29.6 Å². The van der Waals surface area contributed by atoms with Gasteiger partial charge in [-0.1, -0.05) is 145 Å². The molecule has 0 saturated heterocycles. The molecule has 0 amide bonds. The van der Waals surface area contributed by atoms with Crippen LogP contribution in [0.1, 0.15) is 184 Å². The summed E-state index contributed by atoms with van der Waals surface area (Å²) in [6.45, 7) is 23.9. The van der Waals surface area contributed by atoms with Crippen molar-refractivity contribution in [2.24, 2.45) is 45.8 Å². The van der Waals surface area contributed by atoms with Gasteiger partial charge in [0.05, 0.1) is 24.4 Å². The number of aliphatic hydroxyl groups is 6. The molecule has 0 aromatic heterocycles. The zero-order valence-corrected chi connectivity index (χ0v) is 42.5. The summed E-state index contributed by atoms with van der Waals surface area (Å²) in [5.41, 5.74) is 7.67. The first-order valence-electron chi connectivity index (χ1n) is 26.3. The summed E-state index contributed by atoms with van der Waals surface area (Å²) in [5, 5.41) is 62.3. The average Bonchev–Trinajstić information content (AvgIpc) is 3.85. The van der Waals surface area contributed by atoms with Crippen LogP contribution in [0.4, 0.5) is 0 Å². The van der Waals surface area contributed by atoms with Gasteiger partial charge in [0.2, 0.25) is 0 Å². The second-order valence-electron chi connectivity index (χ2n) is 22.5. The molecule has 0 aromatic rings. The maximum absolute atomic E-state index is 11.1. The highest BCUT2D eigenvalue weighted by molar-refractivity contribution is 5.44. The lowest BCUT2D eigenvalue weighted by Crippen LogP contribution is -2.52. The van der Waals surface area contributed by atoms with E-state index in [0.717, 1.165) is 68.9 Å². The predicted octanol–water partition coefficient (Wildman–Crippen LogP) is 11.7. The molecule has 0 spiro atoms. The van der Waals surface area contributed by atoms with Gasteiger partial charge in [-0.3, -0.25) is 0 Å². The molecule has 6 nitrogen and oxygen atoms in total. The SMILES string of the molecule is C=C1/C(=C\C=C2/CCC[C@]3(C)C([C@@H](C)CCC#CC(O)(CC)CC)=CCC23)C[C@@H](O)C[C@@H]1O.CCC(O)(C#CCC[C@H](C)C1=CCC2C3=CC=C4C[C@@H](O)C[C@H](O)[C@]4(C)C3CC[C@]12C)CC. The van der Waals surface area contributed by atoms with E-state index in [9.17, 15) is 30.6 Å². The van der Waals surface area contributed by atoms with Gasteiger partial charge < -0.3 is 30.6 Å². The van der Waals surface area contributed by atoms with Crippen LogP contribution in [0, 0.1) is 69.5 Å². The molecule has 0 bridgehead atoms. The van der Waals surface area contributed by atoms with Crippen molar-refractivity contribution in [3.05, 3.63) is 82.0 Å². The maximum Gasteiger partial charge on any atom is 0.125 e. The van der Waals surface area contributed by atoms with Gasteiger partial charge in [0, 0.05) is 31.1 Å². The Bertz CT molecular complexity index is 2080. The third kappa shape index (κ3) is 10.6. The van der Waals surface area contributed by atoms with Gasteiger partial charge in [0.25, 0.3) is 0 Å². The van der Waals surface area contributed by atoms with Crippen LogP contribution < -0.4 is 0 Å². The van der Waals surface area contributed by atoms with E-state index in [2.05, 4.69) is 101 Å². The Morgan fingerprint density at radius 1 is 0.727 bits per heavy atom. The molecular weight excluding hydrogens is 817 g/mol. The molecule has 3 unspecified atom stereocenters. The normalized spacial score (nSPS) is 36.0. The number of hydrogen-bond donors (Lipinski definition) is 6. The van der Waals surface area contributed by atoms with Crippen molar-refractivity contribution < 1.29 is 30.6 Å². The van der Waals surface area contributed by atoms with Gasteiger partial charge in [0.1, 0.15) is 11.2 Å². The smallest absolute Gasteiger partial charge is 0.125 e. The fourth-order valence-electron chi connectivity index (χ4n) is 13.7. The van der Waals surface area contributed by atoms with Crippen molar-refractivity contribution in [2.75, 3.05) is 0 Å². The van der Waals surface area contributed by atoms with Gasteiger partial charge in [0.15, 0.2) is 0 Å². The topological polar surface area (TPSA) is 121 Å². The molecule has 66 heavy (non-hydrogen) atoms. The Labute approximate surface area is 400 Å². The van der Waals surface area contributed by atoms with E-state index in [1.54, 1.807) is 11.1 Å². The van der Waals surface area contributed by atoms with E-state index >= 15 is 0 Å². The molecule has 4 fully saturated rings. The van der Waals surface area contributed by atoms with Crippen LogP contribution in [0.2, 0.25) is 0 Å². The lowest BCUT2D eigenvalue weighted by molar-refractivity contribution is -0.0492. The molecule has 7 aliphatic carbocycles. The highest BCUT2D eigenvalue weighted by Gasteiger charge is 2.57. The molecule has 6 N–H and O–H groups in total. The van der Waals surface area contributed by atoms with E-state index in [0.29, 0.717) is 81.0 Å². The monoisotopic (exact) mass is 905 g/mol. The highest BCUT2D eigenvalue weighted by Crippen LogP contribution is 2.64. The van der Waals surface area contributed by atoms with E-state index in [-0.39, 0.29) is 16.2 Å². The minimum atomic E-state index is -0.833. The Kier molecular flexibility index (Phi) is 17.0. The van der Waals surface area contributed by atoms with E-state index in [4.69, 9.17) is 0 Å². The van der Waals surface area contributed by atoms with Gasteiger partial charge in [-0.2, -0.15) is 0 Å². The summed E-state index contributed by atoms with van der Waals surface area (Å²) < 4.78 is 0. The largest absolute Gasteiger partial charge is 0.393 e. The van der Waals surface area contributed by atoms with Crippen molar-refractivity contribution in [1.82, 2.24) is 0 Å². The summed E-state index contributed by atoms with van der Waals surface area (Å²) in [4.78, 5) is 0. The Morgan fingerprint density at radius 2 is 1.27 bits per heavy atom. The molecule has 0 aromatic carbocycles. The molecule has 0 aliphatic heterocycles. The van der Waals surface area contributed by atoms with Crippen LogP contribution in [0.3, 0.4) is 0 Å². The van der Waals surface area contributed by atoms with E-state index in [1.807, 2.05) is 27.7 Å². The molecule has 4 saturated carbocycles. The standard InChI is InChI=1S/2C30H44O3/c1-6-30(33,7-2)16-9-8-10-20(3)24-13-14-25-23-12-11-21-18-22(31)19-27(32)29(21,5)26(23)15-17-28(24,25)4;1-6-30(33,7-2)18-9-8-11-21(3)26-15-16-27-23(12-10-17-29(26,27)5)13-14-24-19-25(31)20-28(32)22(24)4/h11-13,20,22,25-27,31-33H,6-8,10,14-15,17-19H2,1-5H3;13-15,21,25,27-28,31-33H,4,6-8,10-12,16-17,19-20H2,1-3,5H3/b;23-13+,24-14-/t20-,22+,25?,26?,27-,28+,29-;21-,25+,27?,28-,29+/m00/s1. The first-order valence-corrected chi connectivity index (χ1v) is 26.3. The zero-order valence-electron chi connectivity index (χ0n) is 42.5. The maximum atomic E-state index is 11.1. The first-order chi connectivity index (χ1) is 31.2. The Balaban J connectivity index is 0.000000218. The Hall–Kier alpha value is -2.94. The minimum Gasteiger partial charge on any atom is -0.393 e. The lowest BCUT2D eigenvalue weighted by atomic mass is 9.49. The fourth-order valence-corrected chi connectivity index (χ4v) is 13.7. The lowest BCUT2D eigenvalue weighted by Gasteiger charge is -2.56. The van der Waals surface area contributed by atoms with Gasteiger partial charge >= 0.3 is 0 Å². The van der Waals surface area contributed by atoms with Crippen LogP contribution in [-0.4, -0.2) is 66.3 Å². The summed E-state index contributed by atoms with van der Waals surface area (Å²) in [5.74, 6) is 15.1. The molecule has 7 rings (SSSR count). The van der Waals surface area contributed by atoms with Crippen molar-refractivity contribution in [2.45, 2.75) is 220 Å². The number of rotatable bonds is 11. The summed E-state index contributed by atoms with van der Waals surface area (Å²) in [7, 11) is 0. The zero-order chi connectivity index (χ0) is 48.2. The van der Waals surface area contributed by atoms with Crippen molar-refractivity contribution >= 4 is 0 Å². The number of allylic oxidation sites excluding steroid dienone is 10. The molecule has 6 heteroatoms. The Morgan fingerprint density at radius 3 is 1.85 bits per heavy atom. The third-order valence-corrected chi connectivity index (χ3v) is 18.6. The molecular formula is C60H88O6. The molecule has 7 aliphatic rings. The molecule has 0 heterocycles. The third-order valence-electron chi connectivity index (χ3n) is 18.6. The van der Waals surface area contributed by atoms with E-state index < -0.39 is 35.6 Å². The fraction of sp³-hybridized carbons (Fsp3) is 0.700. The molecule has 364 valence electrons. The average molecular weight is 905 g/mol. The van der Waals surface area contributed by atoms with Crippen molar-refractivity contribution in [3.63, 3.8) is 0 Å². The number of aliphatic hydroxyl groups excluding tert-OH is 4. The predicted molar refractivity (Wildman–Crippen MR) is 271 cm³/mol. The molecule has 0 radical (unpaired) electrons. The van der Waals surface area contributed by atoms with Crippen molar-refractivity contribution in [3.8, 4) is 23.7 Å². The second-order valence-corrected chi connectivity index (χ2v) is 22.5. The van der Waals surface area contributed by atoms with Crippen LogP contribution in [0.5, 0.6) is 0 Å². The van der Waals surface area contributed by atoms with Crippen LogP contribution >= 0.6 is 0 Å². The summed E-state index contributed by atoms with van der Waals surface area (Å²) >= 11 is 0. The quantitative estimate of drug-likeness (QED) is 0.0907. The van der Waals surface area contributed by atoms with Crippen LogP contribution in [0.15, 0.2) is 82.0 Å².